The predicted octanol–water partition coefficient (Wildman–Crippen LogP) is 2.75. The van der Waals surface area contributed by atoms with Crippen LogP contribution in [0.1, 0.15) is 16.8 Å². The topological polar surface area (TPSA) is 63.8 Å². The molecule has 3 aromatic rings. The lowest BCUT2D eigenvalue weighted by Gasteiger charge is -2.15. The van der Waals surface area contributed by atoms with Gasteiger partial charge < -0.3 is 9.84 Å². The zero-order chi connectivity index (χ0) is 14.9. The number of aryl methyl sites for hydroxylation is 1. The SMILES string of the molecule is Cc1ccccc1-c1noc(-c2cnc3c(c2)CCNC3)n1. The van der Waals surface area contributed by atoms with Crippen molar-refractivity contribution in [3.8, 4) is 22.8 Å². The summed E-state index contributed by atoms with van der Waals surface area (Å²) in [6.07, 6.45) is 2.79. The second kappa shape index (κ2) is 5.35. The number of benzene rings is 1. The Kier molecular flexibility index (Phi) is 3.20. The summed E-state index contributed by atoms with van der Waals surface area (Å²) in [5.74, 6) is 1.14. The molecular formula is C17H16N4O. The molecular weight excluding hydrogens is 276 g/mol. The Balaban J connectivity index is 1.71. The summed E-state index contributed by atoms with van der Waals surface area (Å²) in [5.41, 5.74) is 5.37. The number of hydrogen-bond acceptors (Lipinski definition) is 5. The molecule has 0 spiro atoms. The molecule has 3 heterocycles. The second-order valence-corrected chi connectivity index (χ2v) is 5.49. The van der Waals surface area contributed by atoms with Gasteiger partial charge in [0.15, 0.2) is 0 Å². The van der Waals surface area contributed by atoms with Gasteiger partial charge in [-0.2, -0.15) is 4.98 Å². The molecule has 1 aromatic carbocycles. The van der Waals surface area contributed by atoms with Crippen LogP contribution in [0.2, 0.25) is 0 Å². The van der Waals surface area contributed by atoms with E-state index >= 15 is 0 Å². The number of pyridine rings is 1. The first-order valence-corrected chi connectivity index (χ1v) is 7.40. The lowest BCUT2D eigenvalue weighted by atomic mass is 10.0. The van der Waals surface area contributed by atoms with Gasteiger partial charge >= 0.3 is 0 Å². The average molecular weight is 292 g/mol. The van der Waals surface area contributed by atoms with Crippen LogP contribution in [0.5, 0.6) is 0 Å². The van der Waals surface area contributed by atoms with Crippen molar-refractivity contribution in [2.24, 2.45) is 0 Å². The molecule has 1 aliphatic heterocycles. The van der Waals surface area contributed by atoms with E-state index in [1.54, 1.807) is 6.20 Å². The summed E-state index contributed by atoms with van der Waals surface area (Å²) in [4.78, 5) is 9.03. The number of fused-ring (bicyclic) bond motifs is 1. The fourth-order valence-electron chi connectivity index (χ4n) is 2.74. The first kappa shape index (κ1) is 13.2. The van der Waals surface area contributed by atoms with Crippen LogP contribution >= 0.6 is 0 Å². The number of aromatic nitrogens is 3. The second-order valence-electron chi connectivity index (χ2n) is 5.49. The van der Waals surface area contributed by atoms with E-state index in [4.69, 9.17) is 4.52 Å². The highest BCUT2D eigenvalue weighted by Gasteiger charge is 2.15. The van der Waals surface area contributed by atoms with Gasteiger partial charge in [-0.15, -0.1) is 0 Å². The highest BCUT2D eigenvalue weighted by molar-refractivity contribution is 5.62. The summed E-state index contributed by atoms with van der Waals surface area (Å²) in [6, 6.07) is 10.1. The molecule has 0 saturated carbocycles. The molecule has 22 heavy (non-hydrogen) atoms. The van der Waals surface area contributed by atoms with Gasteiger partial charge in [0.1, 0.15) is 0 Å². The molecule has 0 amide bonds. The molecule has 2 aromatic heterocycles. The number of hydrogen-bond donors (Lipinski definition) is 1. The van der Waals surface area contributed by atoms with Gasteiger partial charge in [-0.05, 0) is 37.1 Å². The van der Waals surface area contributed by atoms with Crippen molar-refractivity contribution in [2.75, 3.05) is 6.54 Å². The highest BCUT2D eigenvalue weighted by Crippen LogP contribution is 2.25. The molecule has 1 N–H and O–H groups in total. The summed E-state index contributed by atoms with van der Waals surface area (Å²) >= 11 is 0. The van der Waals surface area contributed by atoms with Gasteiger partial charge in [-0.3, -0.25) is 4.98 Å². The van der Waals surface area contributed by atoms with Crippen molar-refractivity contribution < 1.29 is 4.52 Å². The minimum absolute atomic E-state index is 0.520. The van der Waals surface area contributed by atoms with E-state index in [1.165, 1.54) is 5.56 Å². The van der Waals surface area contributed by atoms with Gasteiger partial charge in [0.25, 0.3) is 5.89 Å². The van der Waals surface area contributed by atoms with Crippen molar-refractivity contribution in [2.45, 2.75) is 19.9 Å². The quantitative estimate of drug-likeness (QED) is 0.787. The molecule has 5 nitrogen and oxygen atoms in total. The van der Waals surface area contributed by atoms with Gasteiger partial charge in [0, 0.05) is 18.3 Å². The number of nitrogens with zero attached hydrogens (tertiary/aromatic N) is 3. The van der Waals surface area contributed by atoms with Crippen molar-refractivity contribution >= 4 is 0 Å². The van der Waals surface area contributed by atoms with Gasteiger partial charge in [-0.25, -0.2) is 0 Å². The Morgan fingerprint density at radius 3 is 3.05 bits per heavy atom. The number of nitrogens with one attached hydrogen (secondary N) is 1. The lowest BCUT2D eigenvalue weighted by molar-refractivity contribution is 0.432. The van der Waals surface area contributed by atoms with Crippen LogP contribution < -0.4 is 5.32 Å². The third-order valence-corrected chi connectivity index (χ3v) is 3.98. The van der Waals surface area contributed by atoms with Gasteiger partial charge in [0.2, 0.25) is 5.82 Å². The Morgan fingerprint density at radius 1 is 1.23 bits per heavy atom. The highest BCUT2D eigenvalue weighted by atomic mass is 16.5. The molecule has 0 aliphatic carbocycles. The zero-order valence-corrected chi connectivity index (χ0v) is 12.3. The average Bonchev–Trinajstić information content (AvgIpc) is 3.04. The van der Waals surface area contributed by atoms with Crippen molar-refractivity contribution in [3.05, 3.63) is 53.3 Å². The normalized spacial score (nSPS) is 13.9. The van der Waals surface area contributed by atoms with Crippen LogP contribution in [0, 0.1) is 6.92 Å². The maximum absolute atomic E-state index is 5.43. The predicted molar refractivity (Wildman–Crippen MR) is 83.1 cm³/mol. The van der Waals surface area contributed by atoms with E-state index in [0.29, 0.717) is 11.7 Å². The molecule has 0 saturated heterocycles. The lowest BCUT2D eigenvalue weighted by Crippen LogP contribution is -2.24. The molecule has 0 unspecified atom stereocenters. The Hall–Kier alpha value is -2.53. The summed E-state index contributed by atoms with van der Waals surface area (Å²) in [7, 11) is 0. The van der Waals surface area contributed by atoms with Gasteiger partial charge in [0.05, 0.1) is 11.3 Å². The van der Waals surface area contributed by atoms with Crippen LogP contribution in [0.25, 0.3) is 22.8 Å². The van der Waals surface area contributed by atoms with Crippen LogP contribution in [0.3, 0.4) is 0 Å². The van der Waals surface area contributed by atoms with E-state index < -0.39 is 0 Å². The van der Waals surface area contributed by atoms with Crippen molar-refractivity contribution in [3.63, 3.8) is 0 Å². The van der Waals surface area contributed by atoms with Crippen molar-refractivity contribution in [1.82, 2.24) is 20.4 Å². The summed E-state index contributed by atoms with van der Waals surface area (Å²) in [6.45, 7) is 3.85. The first-order chi connectivity index (χ1) is 10.8. The molecule has 0 radical (unpaired) electrons. The standard InChI is InChI=1S/C17H16N4O/c1-11-4-2-3-5-14(11)16-20-17(22-21-16)13-8-12-6-7-18-10-15(12)19-9-13/h2-5,8-9,18H,6-7,10H2,1H3. The Morgan fingerprint density at radius 2 is 2.14 bits per heavy atom. The maximum atomic E-state index is 5.43. The van der Waals surface area contributed by atoms with E-state index in [9.17, 15) is 0 Å². The Bertz CT molecular complexity index is 825. The van der Waals surface area contributed by atoms with E-state index in [0.717, 1.165) is 41.9 Å². The van der Waals surface area contributed by atoms with Crippen LogP contribution in [-0.4, -0.2) is 21.7 Å². The van der Waals surface area contributed by atoms with Crippen LogP contribution in [0.4, 0.5) is 0 Å². The van der Waals surface area contributed by atoms with Crippen molar-refractivity contribution in [1.29, 1.82) is 0 Å². The third kappa shape index (κ3) is 2.29. The van der Waals surface area contributed by atoms with Gasteiger partial charge in [-0.1, -0.05) is 29.4 Å². The monoisotopic (exact) mass is 292 g/mol. The fraction of sp³-hybridized carbons (Fsp3) is 0.235. The molecule has 0 bridgehead atoms. The van der Waals surface area contributed by atoms with Crippen LogP contribution in [0.15, 0.2) is 41.1 Å². The van der Waals surface area contributed by atoms with Crippen LogP contribution in [-0.2, 0) is 13.0 Å². The first-order valence-electron chi connectivity index (χ1n) is 7.40. The molecule has 110 valence electrons. The largest absolute Gasteiger partial charge is 0.334 e. The third-order valence-electron chi connectivity index (χ3n) is 3.98. The minimum atomic E-state index is 0.520. The molecule has 4 rings (SSSR count). The Labute approximate surface area is 128 Å². The maximum Gasteiger partial charge on any atom is 0.259 e. The zero-order valence-electron chi connectivity index (χ0n) is 12.3. The fourth-order valence-corrected chi connectivity index (χ4v) is 2.74. The molecule has 5 heteroatoms. The minimum Gasteiger partial charge on any atom is -0.334 e. The molecule has 1 aliphatic rings. The molecule has 0 atom stereocenters. The number of rotatable bonds is 2. The summed E-state index contributed by atoms with van der Waals surface area (Å²) < 4.78 is 5.43. The van der Waals surface area contributed by atoms with E-state index in [-0.39, 0.29) is 0 Å². The van der Waals surface area contributed by atoms with E-state index in [1.807, 2.05) is 31.2 Å². The smallest absolute Gasteiger partial charge is 0.259 e. The van der Waals surface area contributed by atoms with E-state index in [2.05, 4.69) is 26.5 Å². The molecule has 0 fully saturated rings. The summed E-state index contributed by atoms with van der Waals surface area (Å²) in [5, 5.41) is 7.43.